The molecule has 2 fully saturated rings. The first-order valence-corrected chi connectivity index (χ1v) is 7.02. The molecule has 0 radical (unpaired) electrons. The van der Waals surface area contributed by atoms with Gasteiger partial charge in [-0.25, -0.2) is 5.12 Å². The molecule has 0 bridgehead atoms. The van der Waals surface area contributed by atoms with Crippen LogP contribution in [-0.2, 0) is 0 Å². The van der Waals surface area contributed by atoms with Crippen molar-refractivity contribution < 1.29 is 0 Å². The van der Waals surface area contributed by atoms with Gasteiger partial charge in [-0.3, -0.25) is 10.3 Å². The summed E-state index contributed by atoms with van der Waals surface area (Å²) in [4.78, 5) is 5.10. The zero-order valence-corrected chi connectivity index (χ0v) is 11.4. The van der Waals surface area contributed by atoms with Crippen molar-refractivity contribution in [3.05, 3.63) is 0 Å². The fraction of sp³-hybridized carbons (Fsp3) is 0.917. The van der Waals surface area contributed by atoms with Crippen LogP contribution in [0.5, 0.6) is 0 Å². The van der Waals surface area contributed by atoms with Gasteiger partial charge in [0.2, 0.25) is 0 Å². The maximum atomic E-state index is 4.51. The number of hydrazone groups is 1. The molecule has 0 amide bonds. The Morgan fingerprint density at radius 3 is 2.56 bits per heavy atom. The fourth-order valence-electron chi connectivity index (χ4n) is 3.35. The average Bonchev–Trinajstić information content (AvgIpc) is 2.98. The first kappa shape index (κ1) is 12.2. The summed E-state index contributed by atoms with van der Waals surface area (Å²) >= 11 is 0. The first-order chi connectivity index (χ1) is 8.74. The Labute approximate surface area is 109 Å². The largest absolute Gasteiger partial charge is 0.306 e. The highest BCUT2D eigenvalue weighted by atomic mass is 15.9. The molecule has 2 N–H and O–H groups in total. The van der Waals surface area contributed by atoms with E-state index in [1.807, 2.05) is 7.05 Å². The summed E-state index contributed by atoms with van der Waals surface area (Å²) in [6.45, 7) is 3.68. The van der Waals surface area contributed by atoms with Crippen molar-refractivity contribution >= 4 is 5.84 Å². The van der Waals surface area contributed by atoms with Gasteiger partial charge >= 0.3 is 0 Å². The SMILES string of the molecule is CN1CCC(N2CCCC2C2=NN(C)NN2)CC1. The molecule has 0 saturated carbocycles. The van der Waals surface area contributed by atoms with Crippen LogP contribution < -0.4 is 11.0 Å². The monoisotopic (exact) mass is 252 g/mol. The molecule has 3 heterocycles. The highest BCUT2D eigenvalue weighted by molar-refractivity contribution is 5.87. The molecule has 0 aliphatic carbocycles. The van der Waals surface area contributed by atoms with Crippen LogP contribution in [0, 0.1) is 0 Å². The van der Waals surface area contributed by atoms with Crippen molar-refractivity contribution in [1.29, 1.82) is 0 Å². The Bertz CT molecular complexity index is 323. The maximum Gasteiger partial charge on any atom is 0.157 e. The number of hydrogen-bond donors (Lipinski definition) is 2. The number of rotatable bonds is 2. The molecule has 6 nitrogen and oxygen atoms in total. The molecule has 3 rings (SSSR count). The maximum absolute atomic E-state index is 4.51. The molecule has 0 spiro atoms. The lowest BCUT2D eigenvalue weighted by Crippen LogP contribution is -2.51. The lowest BCUT2D eigenvalue weighted by molar-refractivity contribution is 0.129. The fourth-order valence-corrected chi connectivity index (χ4v) is 3.35. The van der Waals surface area contributed by atoms with E-state index in [2.05, 4.69) is 32.9 Å². The normalized spacial score (nSPS) is 31.8. The molecule has 3 aliphatic heterocycles. The second-order valence-electron chi connectivity index (χ2n) is 5.68. The Kier molecular flexibility index (Phi) is 3.41. The van der Waals surface area contributed by atoms with Crippen LogP contribution in [0.4, 0.5) is 0 Å². The van der Waals surface area contributed by atoms with Crippen molar-refractivity contribution in [1.82, 2.24) is 25.9 Å². The highest BCUT2D eigenvalue weighted by Gasteiger charge is 2.36. The standard InChI is InChI=1S/C12H24N6/c1-16-8-5-10(6-9-16)18-7-3-4-11(18)12-13-15-17(2)14-12/h10-11,15H,3-9H2,1-2H3,(H,13,14). The third kappa shape index (κ3) is 2.32. The number of nitrogens with one attached hydrogen (secondary N) is 2. The topological polar surface area (TPSA) is 46.1 Å². The van der Waals surface area contributed by atoms with Crippen molar-refractivity contribution in [3.8, 4) is 0 Å². The van der Waals surface area contributed by atoms with Gasteiger partial charge in [0.15, 0.2) is 5.84 Å². The van der Waals surface area contributed by atoms with Gasteiger partial charge in [-0.1, -0.05) is 0 Å². The van der Waals surface area contributed by atoms with E-state index < -0.39 is 0 Å². The molecule has 2 saturated heterocycles. The van der Waals surface area contributed by atoms with Crippen molar-refractivity contribution in [3.63, 3.8) is 0 Å². The Balaban J connectivity index is 1.66. The summed E-state index contributed by atoms with van der Waals surface area (Å²) in [5.74, 6) is 1.09. The summed E-state index contributed by atoms with van der Waals surface area (Å²) in [7, 11) is 4.15. The quantitative estimate of drug-likeness (QED) is 0.713. The van der Waals surface area contributed by atoms with E-state index in [0.717, 1.165) is 11.9 Å². The third-order valence-electron chi connectivity index (χ3n) is 4.37. The van der Waals surface area contributed by atoms with Gasteiger partial charge in [0.05, 0.1) is 6.04 Å². The van der Waals surface area contributed by atoms with Gasteiger partial charge in [0.1, 0.15) is 0 Å². The average molecular weight is 252 g/mol. The van der Waals surface area contributed by atoms with Gasteiger partial charge in [-0.05, 0) is 52.4 Å². The van der Waals surface area contributed by atoms with E-state index in [0.29, 0.717) is 6.04 Å². The molecular weight excluding hydrogens is 228 g/mol. The van der Waals surface area contributed by atoms with Crippen LogP contribution in [0.15, 0.2) is 5.10 Å². The van der Waals surface area contributed by atoms with Gasteiger partial charge in [-0.15, -0.1) is 10.6 Å². The molecule has 6 heteroatoms. The summed E-state index contributed by atoms with van der Waals surface area (Å²) in [6, 6.07) is 1.22. The summed E-state index contributed by atoms with van der Waals surface area (Å²) < 4.78 is 0. The smallest absolute Gasteiger partial charge is 0.157 e. The highest BCUT2D eigenvalue weighted by Crippen LogP contribution is 2.26. The summed E-state index contributed by atoms with van der Waals surface area (Å²) in [5.41, 5.74) is 6.22. The molecule has 18 heavy (non-hydrogen) atoms. The number of hydrazine groups is 2. The van der Waals surface area contributed by atoms with E-state index >= 15 is 0 Å². The summed E-state index contributed by atoms with van der Waals surface area (Å²) in [5, 5.41) is 6.26. The van der Waals surface area contributed by atoms with Crippen molar-refractivity contribution in [2.75, 3.05) is 33.7 Å². The van der Waals surface area contributed by atoms with Crippen LogP contribution in [0.1, 0.15) is 25.7 Å². The van der Waals surface area contributed by atoms with E-state index in [-0.39, 0.29) is 0 Å². The van der Waals surface area contributed by atoms with E-state index in [4.69, 9.17) is 0 Å². The number of amidine groups is 1. The number of nitrogens with zero attached hydrogens (tertiary/aromatic N) is 4. The molecule has 1 atom stereocenters. The van der Waals surface area contributed by atoms with Crippen LogP contribution >= 0.6 is 0 Å². The number of piperidine rings is 1. The molecule has 3 aliphatic rings. The van der Waals surface area contributed by atoms with Crippen LogP contribution in [0.25, 0.3) is 0 Å². The van der Waals surface area contributed by atoms with E-state index in [1.165, 1.54) is 45.3 Å². The second kappa shape index (κ2) is 5.03. The Morgan fingerprint density at radius 1 is 1.11 bits per heavy atom. The third-order valence-corrected chi connectivity index (χ3v) is 4.37. The minimum atomic E-state index is 0.482. The van der Waals surface area contributed by atoms with Crippen molar-refractivity contribution in [2.45, 2.75) is 37.8 Å². The van der Waals surface area contributed by atoms with Gasteiger partial charge in [-0.2, -0.15) is 0 Å². The van der Waals surface area contributed by atoms with E-state index in [1.54, 1.807) is 5.12 Å². The number of likely N-dealkylation sites (tertiary alicyclic amines) is 2. The zero-order chi connectivity index (χ0) is 12.5. The minimum absolute atomic E-state index is 0.482. The zero-order valence-electron chi connectivity index (χ0n) is 11.4. The molecule has 0 aromatic carbocycles. The second-order valence-corrected chi connectivity index (χ2v) is 5.68. The Morgan fingerprint density at radius 2 is 1.89 bits per heavy atom. The predicted octanol–water partition coefficient (Wildman–Crippen LogP) is -0.187. The minimum Gasteiger partial charge on any atom is -0.306 e. The van der Waals surface area contributed by atoms with Crippen LogP contribution in [0.2, 0.25) is 0 Å². The molecule has 0 aromatic heterocycles. The van der Waals surface area contributed by atoms with E-state index in [9.17, 15) is 0 Å². The lowest BCUT2D eigenvalue weighted by Gasteiger charge is -2.37. The van der Waals surface area contributed by atoms with Crippen molar-refractivity contribution in [2.24, 2.45) is 5.10 Å². The first-order valence-electron chi connectivity index (χ1n) is 7.02. The number of hydrogen-bond acceptors (Lipinski definition) is 6. The van der Waals surface area contributed by atoms with Crippen LogP contribution in [-0.4, -0.2) is 66.6 Å². The molecule has 102 valence electrons. The Hall–Kier alpha value is -0.850. The van der Waals surface area contributed by atoms with Gasteiger partial charge in [0, 0.05) is 13.1 Å². The molecule has 1 unspecified atom stereocenters. The van der Waals surface area contributed by atoms with Gasteiger partial charge < -0.3 is 4.90 Å². The van der Waals surface area contributed by atoms with Gasteiger partial charge in [0.25, 0.3) is 0 Å². The predicted molar refractivity (Wildman–Crippen MR) is 71.7 cm³/mol. The summed E-state index contributed by atoms with van der Waals surface area (Å²) in [6.07, 6.45) is 5.11. The van der Waals surface area contributed by atoms with Crippen LogP contribution in [0.3, 0.4) is 0 Å². The molecule has 0 aromatic rings. The molecular formula is C12H24N6. The lowest BCUT2D eigenvalue weighted by atomic mass is 10.0.